The number of nitrogens with one attached hydrogen (secondary N) is 1. The molecular formula is C16H17FN6O. The average Bonchev–Trinajstić information content (AvgIpc) is 3.24. The molecule has 2 aromatic heterocycles. The van der Waals surface area contributed by atoms with Gasteiger partial charge in [0.05, 0.1) is 0 Å². The molecule has 1 aliphatic rings. The Morgan fingerprint density at radius 1 is 1.33 bits per heavy atom. The van der Waals surface area contributed by atoms with Gasteiger partial charge in [0.15, 0.2) is 0 Å². The van der Waals surface area contributed by atoms with Gasteiger partial charge in [-0.25, -0.2) is 9.07 Å². The number of H-pyrrole nitrogens is 1. The molecule has 3 heterocycles. The number of likely N-dealkylation sites (tertiary alicyclic amines) is 1. The Kier molecular flexibility index (Phi) is 3.72. The number of piperidine rings is 1. The van der Waals surface area contributed by atoms with E-state index in [1.165, 1.54) is 28.7 Å². The Morgan fingerprint density at radius 3 is 2.92 bits per heavy atom. The van der Waals surface area contributed by atoms with Crippen LogP contribution in [0, 0.1) is 5.82 Å². The van der Waals surface area contributed by atoms with Crippen molar-refractivity contribution in [2.24, 2.45) is 0 Å². The third-order valence-corrected chi connectivity index (χ3v) is 4.65. The minimum atomic E-state index is -0.237. The number of benzene rings is 1. The minimum Gasteiger partial charge on any atom is -0.361 e. The van der Waals surface area contributed by atoms with Crippen LogP contribution in [-0.4, -0.2) is 49.1 Å². The maximum atomic E-state index is 13.3. The van der Waals surface area contributed by atoms with Gasteiger partial charge in [-0.3, -0.25) is 4.79 Å². The van der Waals surface area contributed by atoms with Gasteiger partial charge in [-0.15, -0.1) is 5.10 Å². The van der Waals surface area contributed by atoms with Crippen LogP contribution in [0.4, 0.5) is 4.39 Å². The predicted molar refractivity (Wildman–Crippen MR) is 84.6 cm³/mol. The summed E-state index contributed by atoms with van der Waals surface area (Å²) in [7, 11) is 0. The van der Waals surface area contributed by atoms with E-state index < -0.39 is 0 Å². The number of aromatic amines is 1. The molecule has 1 amide bonds. The van der Waals surface area contributed by atoms with Gasteiger partial charge < -0.3 is 9.88 Å². The highest BCUT2D eigenvalue weighted by molar-refractivity contribution is 5.84. The normalized spacial score (nSPS) is 16.0. The van der Waals surface area contributed by atoms with Gasteiger partial charge in [-0.05, 0) is 52.9 Å². The van der Waals surface area contributed by atoms with Gasteiger partial charge >= 0.3 is 0 Å². The zero-order valence-electron chi connectivity index (χ0n) is 13.0. The van der Waals surface area contributed by atoms with Crippen molar-refractivity contribution in [2.75, 3.05) is 13.1 Å². The van der Waals surface area contributed by atoms with Gasteiger partial charge in [0.2, 0.25) is 5.91 Å². The summed E-state index contributed by atoms with van der Waals surface area (Å²) < 4.78 is 14.7. The molecule has 3 aromatic rings. The monoisotopic (exact) mass is 328 g/mol. The highest BCUT2D eigenvalue weighted by atomic mass is 19.1. The molecule has 0 unspecified atom stereocenters. The molecule has 1 aliphatic heterocycles. The van der Waals surface area contributed by atoms with Crippen LogP contribution in [0.15, 0.2) is 30.7 Å². The number of nitrogens with zero attached hydrogens (tertiary/aromatic N) is 5. The van der Waals surface area contributed by atoms with E-state index in [0.29, 0.717) is 19.0 Å². The first kappa shape index (κ1) is 14.8. The number of tetrazole rings is 1. The van der Waals surface area contributed by atoms with Crippen LogP contribution in [-0.2, 0) is 11.3 Å². The Balaban J connectivity index is 1.43. The number of aromatic nitrogens is 5. The van der Waals surface area contributed by atoms with Crippen molar-refractivity contribution >= 4 is 16.8 Å². The highest BCUT2D eigenvalue weighted by Gasteiger charge is 2.25. The zero-order chi connectivity index (χ0) is 16.5. The average molecular weight is 328 g/mol. The maximum Gasteiger partial charge on any atom is 0.244 e. The first-order chi connectivity index (χ1) is 11.7. The number of hydrogen-bond acceptors (Lipinski definition) is 4. The van der Waals surface area contributed by atoms with Crippen molar-refractivity contribution in [1.29, 1.82) is 0 Å². The van der Waals surface area contributed by atoms with Crippen LogP contribution in [0.2, 0.25) is 0 Å². The number of fused-ring (bicyclic) bond motifs is 1. The second kappa shape index (κ2) is 6.03. The standard InChI is InChI=1S/C16H17FN6O/c17-12-1-2-13-14(8-18-15(13)7-12)11-3-5-22(6-4-11)16(24)9-23-10-19-20-21-23/h1-2,7-8,10-11,18H,3-6,9H2. The van der Waals surface area contributed by atoms with Crippen LogP contribution in [0.5, 0.6) is 0 Å². The third kappa shape index (κ3) is 2.75. The molecule has 1 aromatic carbocycles. The Morgan fingerprint density at radius 2 is 2.17 bits per heavy atom. The molecule has 0 saturated carbocycles. The second-order valence-electron chi connectivity index (χ2n) is 6.10. The largest absolute Gasteiger partial charge is 0.361 e. The van der Waals surface area contributed by atoms with E-state index in [9.17, 15) is 9.18 Å². The molecule has 0 radical (unpaired) electrons. The third-order valence-electron chi connectivity index (χ3n) is 4.65. The fraction of sp³-hybridized carbons (Fsp3) is 0.375. The molecule has 1 fully saturated rings. The van der Waals surface area contributed by atoms with Crippen LogP contribution < -0.4 is 0 Å². The van der Waals surface area contributed by atoms with Crippen molar-refractivity contribution in [1.82, 2.24) is 30.1 Å². The number of amides is 1. The lowest BCUT2D eigenvalue weighted by molar-refractivity contribution is -0.133. The summed E-state index contributed by atoms with van der Waals surface area (Å²) in [5.41, 5.74) is 2.03. The first-order valence-electron chi connectivity index (χ1n) is 7.96. The zero-order valence-corrected chi connectivity index (χ0v) is 13.0. The van der Waals surface area contributed by atoms with E-state index in [4.69, 9.17) is 0 Å². The topological polar surface area (TPSA) is 79.7 Å². The molecule has 1 N–H and O–H groups in total. The number of carbonyl (C=O) groups excluding carboxylic acids is 1. The molecule has 1 saturated heterocycles. The Labute approximate surface area is 137 Å². The number of carbonyl (C=O) groups is 1. The van der Waals surface area contributed by atoms with Gasteiger partial charge in [0, 0.05) is 30.2 Å². The summed E-state index contributed by atoms with van der Waals surface area (Å²) >= 11 is 0. The van der Waals surface area contributed by atoms with Crippen LogP contribution in [0.3, 0.4) is 0 Å². The summed E-state index contributed by atoms with van der Waals surface area (Å²) in [6, 6.07) is 4.83. The molecule has 0 bridgehead atoms. The summed E-state index contributed by atoms with van der Waals surface area (Å²) in [6.07, 6.45) is 5.19. The van der Waals surface area contributed by atoms with Crippen LogP contribution in [0.1, 0.15) is 24.3 Å². The molecule has 7 nitrogen and oxygen atoms in total. The minimum absolute atomic E-state index is 0.0294. The number of rotatable bonds is 3. The number of hydrogen-bond donors (Lipinski definition) is 1. The lowest BCUT2D eigenvalue weighted by atomic mass is 9.89. The van der Waals surface area contributed by atoms with E-state index in [1.54, 1.807) is 0 Å². The number of halogens is 1. The molecule has 0 atom stereocenters. The quantitative estimate of drug-likeness (QED) is 0.793. The van der Waals surface area contributed by atoms with Crippen LogP contribution in [0.25, 0.3) is 10.9 Å². The fourth-order valence-electron chi connectivity index (χ4n) is 3.39. The Hall–Kier alpha value is -2.77. The molecule has 8 heteroatoms. The van der Waals surface area contributed by atoms with Crippen LogP contribution >= 0.6 is 0 Å². The van der Waals surface area contributed by atoms with Gasteiger partial charge in [-0.2, -0.15) is 0 Å². The van der Waals surface area contributed by atoms with Crippen molar-refractivity contribution in [2.45, 2.75) is 25.3 Å². The molecular weight excluding hydrogens is 311 g/mol. The maximum absolute atomic E-state index is 13.3. The summed E-state index contributed by atoms with van der Waals surface area (Å²) in [4.78, 5) is 17.3. The van der Waals surface area contributed by atoms with Crippen molar-refractivity contribution in [3.63, 3.8) is 0 Å². The second-order valence-corrected chi connectivity index (χ2v) is 6.10. The van der Waals surface area contributed by atoms with Gasteiger partial charge in [0.25, 0.3) is 0 Å². The fourth-order valence-corrected chi connectivity index (χ4v) is 3.39. The van der Waals surface area contributed by atoms with Gasteiger partial charge in [-0.1, -0.05) is 0 Å². The highest BCUT2D eigenvalue weighted by Crippen LogP contribution is 2.33. The summed E-state index contributed by atoms with van der Waals surface area (Å²) in [5.74, 6) is 0.168. The molecule has 124 valence electrons. The predicted octanol–water partition coefficient (Wildman–Crippen LogP) is 1.70. The first-order valence-corrected chi connectivity index (χ1v) is 7.96. The van der Waals surface area contributed by atoms with E-state index in [0.717, 1.165) is 23.7 Å². The summed E-state index contributed by atoms with van der Waals surface area (Å²) in [6.45, 7) is 1.59. The summed E-state index contributed by atoms with van der Waals surface area (Å²) in [5, 5.41) is 11.9. The molecule has 0 spiro atoms. The van der Waals surface area contributed by atoms with E-state index >= 15 is 0 Å². The lowest BCUT2D eigenvalue weighted by Crippen LogP contribution is -2.39. The molecule has 0 aliphatic carbocycles. The molecule has 24 heavy (non-hydrogen) atoms. The SMILES string of the molecule is O=C(Cn1cnnn1)N1CCC(c2c[nH]c3cc(F)ccc23)CC1. The van der Waals surface area contributed by atoms with Gasteiger partial charge in [0.1, 0.15) is 18.7 Å². The Bertz CT molecular complexity index is 851. The van der Waals surface area contributed by atoms with E-state index in [2.05, 4.69) is 20.5 Å². The van der Waals surface area contributed by atoms with Crippen molar-refractivity contribution in [3.05, 3.63) is 42.1 Å². The van der Waals surface area contributed by atoms with E-state index in [1.807, 2.05) is 17.2 Å². The van der Waals surface area contributed by atoms with Crippen molar-refractivity contribution in [3.8, 4) is 0 Å². The smallest absolute Gasteiger partial charge is 0.244 e. The lowest BCUT2D eigenvalue weighted by Gasteiger charge is -2.32. The van der Waals surface area contributed by atoms with Crippen molar-refractivity contribution < 1.29 is 9.18 Å². The molecule has 4 rings (SSSR count). The van der Waals surface area contributed by atoms with E-state index in [-0.39, 0.29) is 18.3 Å².